The highest BCUT2D eigenvalue weighted by atomic mass is 16.5. The fourth-order valence-corrected chi connectivity index (χ4v) is 2.72. The molecule has 2 fully saturated rings. The lowest BCUT2D eigenvalue weighted by Gasteiger charge is -2.36. The Kier molecular flexibility index (Phi) is 3.61. The zero-order valence-corrected chi connectivity index (χ0v) is 9.32. The van der Waals surface area contributed by atoms with E-state index in [9.17, 15) is 5.11 Å². The summed E-state index contributed by atoms with van der Waals surface area (Å²) in [5, 5.41) is 9.68. The molecule has 2 rings (SSSR count). The summed E-state index contributed by atoms with van der Waals surface area (Å²) in [6.07, 6.45) is 3.57. The molecule has 2 heterocycles. The smallest absolute Gasteiger partial charge is 0.0845 e. The van der Waals surface area contributed by atoms with Gasteiger partial charge in [0.05, 0.1) is 11.7 Å². The standard InChI is InChI=1S/C11H22N2O2/c12-4-1-5-13-6-3-11(9-13)8-10(14)2-7-15-11/h10,14H,1-9,12H2/t10-,11-/m1/s1. The molecule has 0 aliphatic carbocycles. The summed E-state index contributed by atoms with van der Waals surface area (Å²) in [7, 11) is 0. The van der Waals surface area contributed by atoms with Gasteiger partial charge in [-0.3, -0.25) is 0 Å². The molecule has 15 heavy (non-hydrogen) atoms. The molecular formula is C11H22N2O2. The monoisotopic (exact) mass is 214 g/mol. The lowest BCUT2D eigenvalue weighted by atomic mass is 9.91. The van der Waals surface area contributed by atoms with Crippen molar-refractivity contribution in [2.75, 3.05) is 32.8 Å². The predicted octanol–water partition coefficient (Wildman–Crippen LogP) is -0.0490. The highest BCUT2D eigenvalue weighted by Crippen LogP contribution is 2.34. The van der Waals surface area contributed by atoms with Gasteiger partial charge >= 0.3 is 0 Å². The summed E-state index contributed by atoms with van der Waals surface area (Å²) in [4.78, 5) is 2.41. The molecule has 2 aliphatic heterocycles. The van der Waals surface area contributed by atoms with Crippen molar-refractivity contribution < 1.29 is 9.84 Å². The highest BCUT2D eigenvalue weighted by Gasteiger charge is 2.42. The Balaban J connectivity index is 1.84. The van der Waals surface area contributed by atoms with Crippen LogP contribution in [0.15, 0.2) is 0 Å². The van der Waals surface area contributed by atoms with E-state index in [0.29, 0.717) is 6.61 Å². The molecule has 0 amide bonds. The van der Waals surface area contributed by atoms with Gasteiger partial charge in [0.25, 0.3) is 0 Å². The Morgan fingerprint density at radius 2 is 2.40 bits per heavy atom. The first kappa shape index (κ1) is 11.3. The van der Waals surface area contributed by atoms with Crippen molar-refractivity contribution in [3.05, 3.63) is 0 Å². The zero-order valence-electron chi connectivity index (χ0n) is 9.32. The lowest BCUT2D eigenvalue weighted by molar-refractivity contribution is -0.110. The number of ether oxygens (including phenoxy) is 1. The predicted molar refractivity (Wildman–Crippen MR) is 58.7 cm³/mol. The lowest BCUT2D eigenvalue weighted by Crippen LogP contribution is -2.44. The van der Waals surface area contributed by atoms with Crippen LogP contribution in [0.4, 0.5) is 0 Å². The van der Waals surface area contributed by atoms with E-state index in [2.05, 4.69) is 4.90 Å². The quantitative estimate of drug-likeness (QED) is 0.691. The van der Waals surface area contributed by atoms with Crippen molar-refractivity contribution in [2.45, 2.75) is 37.4 Å². The van der Waals surface area contributed by atoms with Crippen LogP contribution in [0.25, 0.3) is 0 Å². The molecule has 0 radical (unpaired) electrons. The van der Waals surface area contributed by atoms with Crippen molar-refractivity contribution in [1.82, 2.24) is 4.90 Å². The van der Waals surface area contributed by atoms with Gasteiger partial charge in [0, 0.05) is 26.1 Å². The van der Waals surface area contributed by atoms with E-state index >= 15 is 0 Å². The van der Waals surface area contributed by atoms with Crippen LogP contribution >= 0.6 is 0 Å². The van der Waals surface area contributed by atoms with Crippen LogP contribution in [0.5, 0.6) is 0 Å². The summed E-state index contributed by atoms with van der Waals surface area (Å²) in [6, 6.07) is 0. The Labute approximate surface area is 91.4 Å². The van der Waals surface area contributed by atoms with E-state index in [4.69, 9.17) is 10.5 Å². The minimum atomic E-state index is -0.159. The molecule has 2 atom stereocenters. The fraction of sp³-hybridized carbons (Fsp3) is 1.00. The van der Waals surface area contributed by atoms with Crippen LogP contribution in [-0.2, 0) is 4.74 Å². The molecule has 0 aromatic heterocycles. The molecule has 2 aliphatic rings. The summed E-state index contributed by atoms with van der Waals surface area (Å²) >= 11 is 0. The van der Waals surface area contributed by atoms with E-state index in [1.807, 2.05) is 0 Å². The number of aliphatic hydroxyl groups is 1. The second-order valence-electron chi connectivity index (χ2n) is 4.85. The van der Waals surface area contributed by atoms with E-state index in [1.165, 1.54) is 0 Å². The normalized spacial score (nSPS) is 37.6. The third-order valence-corrected chi connectivity index (χ3v) is 3.54. The fourth-order valence-electron chi connectivity index (χ4n) is 2.72. The maximum atomic E-state index is 9.68. The highest BCUT2D eigenvalue weighted by molar-refractivity contribution is 4.95. The molecule has 88 valence electrons. The van der Waals surface area contributed by atoms with Crippen molar-refractivity contribution in [1.29, 1.82) is 0 Å². The molecule has 0 aromatic carbocycles. The van der Waals surface area contributed by atoms with Gasteiger partial charge in [-0.15, -0.1) is 0 Å². The third-order valence-electron chi connectivity index (χ3n) is 3.54. The van der Waals surface area contributed by atoms with Crippen LogP contribution in [0, 0.1) is 0 Å². The molecule has 0 unspecified atom stereocenters. The first-order valence-electron chi connectivity index (χ1n) is 5.99. The van der Waals surface area contributed by atoms with Gasteiger partial charge in [-0.1, -0.05) is 0 Å². The van der Waals surface area contributed by atoms with Gasteiger partial charge in [-0.2, -0.15) is 0 Å². The average Bonchev–Trinajstić information content (AvgIpc) is 2.58. The number of hydrogen-bond donors (Lipinski definition) is 2. The SMILES string of the molecule is NCCCN1CC[C@@]2(C[C@H](O)CCO2)C1. The van der Waals surface area contributed by atoms with Crippen LogP contribution in [-0.4, -0.2) is 54.5 Å². The van der Waals surface area contributed by atoms with Gasteiger partial charge in [0.15, 0.2) is 0 Å². The van der Waals surface area contributed by atoms with E-state index in [0.717, 1.165) is 51.9 Å². The molecular weight excluding hydrogens is 192 g/mol. The number of aliphatic hydroxyl groups excluding tert-OH is 1. The Hall–Kier alpha value is -0.160. The second kappa shape index (κ2) is 4.78. The maximum absolute atomic E-state index is 9.68. The Morgan fingerprint density at radius 3 is 3.13 bits per heavy atom. The van der Waals surface area contributed by atoms with Crippen LogP contribution in [0.1, 0.15) is 25.7 Å². The molecule has 0 saturated carbocycles. The number of rotatable bonds is 3. The second-order valence-corrected chi connectivity index (χ2v) is 4.85. The first-order valence-corrected chi connectivity index (χ1v) is 5.99. The van der Waals surface area contributed by atoms with E-state index in [-0.39, 0.29) is 11.7 Å². The van der Waals surface area contributed by atoms with Crippen LogP contribution < -0.4 is 5.73 Å². The average molecular weight is 214 g/mol. The minimum Gasteiger partial charge on any atom is -0.393 e. The third kappa shape index (κ3) is 2.69. The Bertz CT molecular complexity index is 213. The summed E-state index contributed by atoms with van der Waals surface area (Å²) < 4.78 is 5.87. The minimum absolute atomic E-state index is 0.0493. The molecule has 1 spiro atoms. The van der Waals surface area contributed by atoms with E-state index in [1.54, 1.807) is 0 Å². The van der Waals surface area contributed by atoms with E-state index < -0.39 is 0 Å². The number of hydrogen-bond acceptors (Lipinski definition) is 4. The van der Waals surface area contributed by atoms with Crippen LogP contribution in [0.3, 0.4) is 0 Å². The first-order chi connectivity index (χ1) is 7.24. The maximum Gasteiger partial charge on any atom is 0.0845 e. The molecule has 4 nitrogen and oxygen atoms in total. The summed E-state index contributed by atoms with van der Waals surface area (Å²) in [5.41, 5.74) is 5.45. The van der Waals surface area contributed by atoms with Crippen molar-refractivity contribution >= 4 is 0 Å². The van der Waals surface area contributed by atoms with Gasteiger partial charge < -0.3 is 20.5 Å². The van der Waals surface area contributed by atoms with Crippen molar-refractivity contribution in [2.24, 2.45) is 5.73 Å². The van der Waals surface area contributed by atoms with Gasteiger partial charge in [0.2, 0.25) is 0 Å². The largest absolute Gasteiger partial charge is 0.393 e. The molecule has 2 saturated heterocycles. The van der Waals surface area contributed by atoms with Gasteiger partial charge in [-0.05, 0) is 32.4 Å². The Morgan fingerprint density at radius 1 is 1.53 bits per heavy atom. The molecule has 4 heteroatoms. The summed E-state index contributed by atoms with van der Waals surface area (Å²) in [5.74, 6) is 0. The van der Waals surface area contributed by atoms with Crippen molar-refractivity contribution in [3.8, 4) is 0 Å². The van der Waals surface area contributed by atoms with Gasteiger partial charge in [-0.25, -0.2) is 0 Å². The number of likely N-dealkylation sites (tertiary alicyclic amines) is 1. The molecule has 0 bridgehead atoms. The topological polar surface area (TPSA) is 58.7 Å². The zero-order chi connectivity index (χ0) is 10.7. The number of nitrogens with two attached hydrogens (primary N) is 1. The van der Waals surface area contributed by atoms with Crippen molar-refractivity contribution in [3.63, 3.8) is 0 Å². The molecule has 3 N–H and O–H groups in total. The van der Waals surface area contributed by atoms with Gasteiger partial charge in [0.1, 0.15) is 0 Å². The summed E-state index contributed by atoms with van der Waals surface area (Å²) in [6.45, 7) is 4.60. The molecule has 0 aromatic rings. The van der Waals surface area contributed by atoms with Crippen LogP contribution in [0.2, 0.25) is 0 Å². The number of nitrogens with zero attached hydrogens (tertiary/aromatic N) is 1.